The van der Waals surface area contributed by atoms with Gasteiger partial charge in [0, 0.05) is 67.4 Å². The Bertz CT molecular complexity index is 2560. The van der Waals surface area contributed by atoms with E-state index in [1.54, 1.807) is 6.92 Å². The molecule has 8 N–H and O–H groups in total. The Hall–Kier alpha value is -7.19. The third kappa shape index (κ3) is 37.2. The first-order valence-corrected chi connectivity index (χ1v) is 25.5. The van der Waals surface area contributed by atoms with Gasteiger partial charge < -0.3 is 55.5 Å². The Labute approximate surface area is 445 Å². The van der Waals surface area contributed by atoms with Crippen molar-refractivity contribution >= 4 is 17.8 Å². The molecular formula is C61H70N2O12. The van der Waals surface area contributed by atoms with E-state index in [9.17, 15) is 39.9 Å². The summed E-state index contributed by atoms with van der Waals surface area (Å²) in [5.41, 5.74) is 0. The summed E-state index contributed by atoms with van der Waals surface area (Å²) in [6.45, 7) is 4.02. The zero-order valence-electron chi connectivity index (χ0n) is 43.2. The Balaban J connectivity index is 2.83. The molecule has 396 valence electrons. The van der Waals surface area contributed by atoms with Gasteiger partial charge in [-0.05, 0) is 127 Å². The summed E-state index contributed by atoms with van der Waals surface area (Å²) in [6, 6.07) is -1.25. The SMILES string of the molecule is CC#CC#CC#CC#CC#CC#CC#CC#CC#CC#CC#CC#CC(=O)N[C@@H](CO[C@H]1OC(COCCCCCCNC(=O)CCCC(=O)O)[C@H](O)[C@H](O)C1O)[C@H](O)[C@H](O)CCCCCCCCCCCCCC. The summed E-state index contributed by atoms with van der Waals surface area (Å²) < 4.78 is 17.3. The maximum atomic E-state index is 12.9. The van der Waals surface area contributed by atoms with E-state index >= 15 is 0 Å². The molecule has 14 heteroatoms. The fourth-order valence-electron chi connectivity index (χ4n) is 6.83. The number of hydrogen-bond acceptors (Lipinski definition) is 11. The van der Waals surface area contributed by atoms with E-state index in [1.807, 2.05) is 0 Å². The lowest BCUT2D eigenvalue weighted by Crippen LogP contribution is -2.60. The van der Waals surface area contributed by atoms with Crippen LogP contribution in [0.5, 0.6) is 0 Å². The van der Waals surface area contributed by atoms with E-state index in [1.165, 1.54) is 44.9 Å². The topological polar surface area (TPSA) is 224 Å². The summed E-state index contributed by atoms with van der Waals surface area (Å²) in [4.78, 5) is 35.3. The van der Waals surface area contributed by atoms with Crippen LogP contribution in [0.2, 0.25) is 0 Å². The smallest absolute Gasteiger partial charge is 0.303 e. The molecule has 75 heavy (non-hydrogen) atoms. The van der Waals surface area contributed by atoms with Gasteiger partial charge in [-0.3, -0.25) is 14.4 Å². The Kier molecular flexibility index (Phi) is 40.9. The van der Waals surface area contributed by atoms with Crippen LogP contribution in [-0.4, -0.2) is 124 Å². The number of ether oxygens (including phenoxy) is 3. The third-order valence-corrected chi connectivity index (χ3v) is 10.8. The molecule has 8 atom stereocenters. The zero-order valence-corrected chi connectivity index (χ0v) is 43.2. The summed E-state index contributed by atoms with van der Waals surface area (Å²) >= 11 is 0. The van der Waals surface area contributed by atoms with Gasteiger partial charge in [-0.2, -0.15) is 0 Å². The highest BCUT2D eigenvalue weighted by Crippen LogP contribution is 2.23. The quantitative estimate of drug-likeness (QED) is 0.0360. The van der Waals surface area contributed by atoms with Gasteiger partial charge in [0.25, 0.3) is 5.91 Å². The molecule has 0 aromatic rings. The van der Waals surface area contributed by atoms with E-state index in [0.717, 1.165) is 44.9 Å². The second-order valence-electron chi connectivity index (χ2n) is 16.9. The molecule has 0 aliphatic carbocycles. The van der Waals surface area contributed by atoms with Crippen LogP contribution in [0.1, 0.15) is 142 Å². The van der Waals surface area contributed by atoms with Crippen molar-refractivity contribution in [1.29, 1.82) is 0 Å². The van der Waals surface area contributed by atoms with E-state index in [0.29, 0.717) is 26.0 Å². The molecule has 1 fully saturated rings. The van der Waals surface area contributed by atoms with E-state index in [2.05, 4.69) is 160 Å². The summed E-state index contributed by atoms with van der Waals surface area (Å²) in [5, 5.41) is 68.4. The number of amides is 2. The number of aliphatic carboxylic acids is 1. The van der Waals surface area contributed by atoms with Crippen molar-refractivity contribution < 1.29 is 59.2 Å². The lowest BCUT2D eigenvalue weighted by molar-refractivity contribution is -0.304. The normalized spacial score (nSPS) is 16.4. The molecule has 0 saturated carbocycles. The van der Waals surface area contributed by atoms with Gasteiger partial charge in [0.2, 0.25) is 5.91 Å². The monoisotopic (exact) mass is 1020 g/mol. The average Bonchev–Trinajstić information content (AvgIpc) is 3.39. The molecule has 0 aromatic carbocycles. The van der Waals surface area contributed by atoms with Gasteiger partial charge >= 0.3 is 5.97 Å². The minimum absolute atomic E-state index is 0.0541. The molecule has 1 aliphatic heterocycles. The number of rotatable bonds is 32. The van der Waals surface area contributed by atoms with Gasteiger partial charge in [0.1, 0.15) is 30.5 Å². The number of carbonyl (C=O) groups is 3. The summed E-state index contributed by atoms with van der Waals surface area (Å²) in [6.07, 6.45) is 6.84. The van der Waals surface area contributed by atoms with Crippen LogP contribution >= 0.6 is 0 Å². The fourth-order valence-corrected chi connectivity index (χ4v) is 6.83. The van der Waals surface area contributed by atoms with Crippen molar-refractivity contribution in [2.45, 2.75) is 191 Å². The fraction of sp³-hybridized carbons (Fsp3) is 0.557. The lowest BCUT2D eigenvalue weighted by Gasteiger charge is -2.40. The molecular weight excluding hydrogens is 953 g/mol. The van der Waals surface area contributed by atoms with Crippen molar-refractivity contribution in [3.63, 3.8) is 0 Å². The average molecular weight is 1020 g/mol. The second kappa shape index (κ2) is 46.6. The van der Waals surface area contributed by atoms with Gasteiger partial charge in [0.05, 0.1) is 25.4 Å². The summed E-state index contributed by atoms with van der Waals surface area (Å²) in [5.74, 6) is 57.6. The molecule has 2 unspecified atom stereocenters. The highest BCUT2D eigenvalue weighted by atomic mass is 16.7. The highest BCUT2D eigenvalue weighted by Gasteiger charge is 2.45. The molecule has 1 aliphatic rings. The molecule has 0 radical (unpaired) electrons. The van der Waals surface area contributed by atoms with E-state index < -0.39 is 67.4 Å². The third-order valence-electron chi connectivity index (χ3n) is 10.8. The molecule has 0 bridgehead atoms. The number of carboxylic acids is 1. The standard InChI is InChI=1S/C61H70N2O12/c1-3-5-7-9-11-13-15-17-18-19-20-21-22-23-24-25-26-27-29-31-33-35-39-44-55(66)63-51(57(69)52(64)43-38-34-32-30-28-16-14-12-10-8-6-4-2)49-74-61-60(72)59(71)58(70)53(75-61)50-73-48-41-37-36-40-47-62-54(65)45-42-46-56(67)68/h51-53,57-61,64,69-72H,4,6,8,10,12,14,16,28,30,32,34,36-38,40-43,45-50H2,1-2H3,(H,62,65)(H,63,66)(H,67,68)/t51-,52+,53?,57-,58-,59-,60?,61-/m0/s1. The number of aliphatic hydroxyl groups is 5. The van der Waals surface area contributed by atoms with Crippen LogP contribution in [0.4, 0.5) is 0 Å². The molecule has 1 heterocycles. The predicted octanol–water partition coefficient (Wildman–Crippen LogP) is 3.12. The molecule has 1 rings (SSSR count). The van der Waals surface area contributed by atoms with E-state index in [-0.39, 0.29) is 38.2 Å². The summed E-state index contributed by atoms with van der Waals surface area (Å²) in [7, 11) is 0. The number of nitrogens with one attached hydrogen (secondary N) is 2. The van der Waals surface area contributed by atoms with Crippen LogP contribution in [0, 0.1) is 142 Å². The van der Waals surface area contributed by atoms with Crippen molar-refractivity contribution in [2.75, 3.05) is 26.4 Å². The number of aliphatic hydroxyl groups excluding tert-OH is 5. The molecule has 0 spiro atoms. The molecule has 2 amide bonds. The Morgan fingerprint density at radius 2 is 1.03 bits per heavy atom. The Morgan fingerprint density at radius 3 is 1.53 bits per heavy atom. The maximum absolute atomic E-state index is 12.9. The van der Waals surface area contributed by atoms with Crippen molar-refractivity contribution in [3.05, 3.63) is 0 Å². The van der Waals surface area contributed by atoms with Crippen molar-refractivity contribution in [1.82, 2.24) is 10.6 Å². The number of carboxylic acid groups (broad SMARTS) is 1. The first-order chi connectivity index (χ1) is 36.5. The van der Waals surface area contributed by atoms with Crippen molar-refractivity contribution in [2.24, 2.45) is 0 Å². The molecule has 1 saturated heterocycles. The highest BCUT2D eigenvalue weighted by molar-refractivity contribution is 5.94. The number of unbranched alkanes of at least 4 members (excludes halogenated alkanes) is 14. The van der Waals surface area contributed by atoms with Crippen LogP contribution in [0.3, 0.4) is 0 Å². The van der Waals surface area contributed by atoms with Gasteiger partial charge in [-0.1, -0.05) is 103 Å². The first kappa shape index (κ1) is 65.8. The number of carbonyl (C=O) groups excluding carboxylic acids is 2. The largest absolute Gasteiger partial charge is 0.481 e. The first-order valence-electron chi connectivity index (χ1n) is 25.5. The van der Waals surface area contributed by atoms with Crippen molar-refractivity contribution in [3.8, 4) is 142 Å². The zero-order chi connectivity index (χ0) is 54.8. The van der Waals surface area contributed by atoms with Crippen LogP contribution in [-0.2, 0) is 28.6 Å². The van der Waals surface area contributed by atoms with Crippen LogP contribution in [0.25, 0.3) is 0 Å². The van der Waals surface area contributed by atoms with Crippen LogP contribution < -0.4 is 10.6 Å². The van der Waals surface area contributed by atoms with Gasteiger partial charge in [0.15, 0.2) is 6.29 Å². The van der Waals surface area contributed by atoms with E-state index in [4.69, 9.17) is 19.3 Å². The predicted molar refractivity (Wildman–Crippen MR) is 285 cm³/mol. The maximum Gasteiger partial charge on any atom is 0.303 e. The minimum Gasteiger partial charge on any atom is -0.481 e. The molecule has 0 aromatic heterocycles. The number of hydrogen-bond donors (Lipinski definition) is 8. The van der Waals surface area contributed by atoms with Gasteiger partial charge in [-0.25, -0.2) is 0 Å². The van der Waals surface area contributed by atoms with Gasteiger partial charge in [-0.15, -0.1) is 0 Å². The molecule has 14 nitrogen and oxygen atoms in total. The second-order valence-corrected chi connectivity index (χ2v) is 16.9. The van der Waals surface area contributed by atoms with Crippen LogP contribution in [0.15, 0.2) is 0 Å². The minimum atomic E-state index is -1.71. The lowest BCUT2D eigenvalue weighted by atomic mass is 9.98. The Morgan fingerprint density at radius 1 is 0.560 bits per heavy atom.